The van der Waals surface area contributed by atoms with Gasteiger partial charge in [0.25, 0.3) is 0 Å². The van der Waals surface area contributed by atoms with Gasteiger partial charge in [-0.15, -0.1) is 0 Å². The van der Waals surface area contributed by atoms with Crippen molar-refractivity contribution in [2.75, 3.05) is 18.4 Å². The van der Waals surface area contributed by atoms with Crippen LogP contribution in [0.15, 0.2) is 65.1 Å². The first-order valence-corrected chi connectivity index (χ1v) is 11.8. The maximum absolute atomic E-state index is 12.9. The zero-order valence-electron chi connectivity index (χ0n) is 16.9. The molecule has 0 aromatic heterocycles. The molecule has 0 atom stereocenters. The Morgan fingerprint density at radius 2 is 1.80 bits per heavy atom. The molecule has 7 heteroatoms. The summed E-state index contributed by atoms with van der Waals surface area (Å²) < 4.78 is 28.5. The molecule has 2 aromatic carbocycles. The lowest BCUT2D eigenvalue weighted by Gasteiger charge is -2.16. The number of anilines is 1. The summed E-state index contributed by atoms with van der Waals surface area (Å²) in [5.41, 5.74) is 2.76. The van der Waals surface area contributed by atoms with E-state index < -0.39 is 16.0 Å². The number of carboxylic acid groups (broad SMARTS) is 1. The molecule has 0 radical (unpaired) electrons. The molecule has 0 spiro atoms. The predicted molar refractivity (Wildman–Crippen MR) is 118 cm³/mol. The molecule has 1 aliphatic carbocycles. The number of sulfonamides is 1. The number of carboxylic acids is 1. The third kappa shape index (κ3) is 6.18. The van der Waals surface area contributed by atoms with Gasteiger partial charge in [-0.25, -0.2) is 17.9 Å². The molecule has 0 heterocycles. The van der Waals surface area contributed by atoms with Crippen molar-refractivity contribution in [3.63, 3.8) is 0 Å². The number of carbonyl (C=O) groups is 1. The van der Waals surface area contributed by atoms with E-state index in [1.54, 1.807) is 0 Å². The Kier molecular flexibility index (Phi) is 7.65. The Morgan fingerprint density at radius 1 is 1.00 bits per heavy atom. The number of rotatable bonds is 10. The molecule has 160 valence electrons. The summed E-state index contributed by atoms with van der Waals surface area (Å²) in [7, 11) is -3.85. The van der Waals surface area contributed by atoms with Crippen LogP contribution in [-0.2, 0) is 16.4 Å². The molecule has 0 bridgehead atoms. The highest BCUT2D eigenvalue weighted by Crippen LogP contribution is 2.24. The summed E-state index contributed by atoms with van der Waals surface area (Å²) in [5, 5.41) is 12.4. The van der Waals surface area contributed by atoms with Crippen molar-refractivity contribution >= 4 is 21.7 Å². The smallest absolute Gasteiger partial charge is 0.335 e. The zero-order valence-corrected chi connectivity index (χ0v) is 17.7. The van der Waals surface area contributed by atoms with Gasteiger partial charge in [-0.2, -0.15) is 0 Å². The first-order valence-electron chi connectivity index (χ1n) is 10.3. The van der Waals surface area contributed by atoms with Crippen LogP contribution in [0.2, 0.25) is 0 Å². The van der Waals surface area contributed by atoms with Gasteiger partial charge in [0.15, 0.2) is 0 Å². The van der Waals surface area contributed by atoms with Gasteiger partial charge in [-0.1, -0.05) is 42.0 Å². The van der Waals surface area contributed by atoms with Crippen molar-refractivity contribution < 1.29 is 18.3 Å². The Labute approximate surface area is 178 Å². The summed E-state index contributed by atoms with van der Waals surface area (Å²) in [4.78, 5) is 11.3. The van der Waals surface area contributed by atoms with Crippen LogP contribution in [0.1, 0.15) is 48.0 Å². The van der Waals surface area contributed by atoms with Crippen molar-refractivity contribution in [3.8, 4) is 0 Å². The number of hydrogen-bond donors (Lipinski definition) is 3. The summed E-state index contributed by atoms with van der Waals surface area (Å²) in [6, 6.07) is 14.0. The highest BCUT2D eigenvalue weighted by Gasteiger charge is 2.21. The second-order valence-corrected chi connectivity index (χ2v) is 9.17. The molecule has 30 heavy (non-hydrogen) atoms. The topological polar surface area (TPSA) is 95.5 Å². The normalized spacial score (nSPS) is 14.2. The summed E-state index contributed by atoms with van der Waals surface area (Å²) in [6.45, 7) is 0.834. The van der Waals surface area contributed by atoms with Crippen LogP contribution in [0.25, 0.3) is 0 Å². The molecule has 0 aliphatic heterocycles. The lowest BCUT2D eigenvalue weighted by Crippen LogP contribution is -2.26. The molecule has 0 amide bonds. The van der Waals surface area contributed by atoms with Crippen LogP contribution >= 0.6 is 0 Å². The largest absolute Gasteiger partial charge is 0.478 e. The lowest BCUT2D eigenvalue weighted by molar-refractivity contribution is 0.0696. The second kappa shape index (κ2) is 10.4. The van der Waals surface area contributed by atoms with E-state index in [0.717, 1.165) is 31.2 Å². The van der Waals surface area contributed by atoms with Gasteiger partial charge in [0.2, 0.25) is 10.0 Å². The van der Waals surface area contributed by atoms with E-state index in [4.69, 9.17) is 0 Å². The van der Waals surface area contributed by atoms with Gasteiger partial charge in [0.1, 0.15) is 4.90 Å². The Balaban J connectivity index is 1.71. The van der Waals surface area contributed by atoms with Crippen LogP contribution in [0.4, 0.5) is 5.69 Å². The van der Waals surface area contributed by atoms with Crippen LogP contribution in [0.5, 0.6) is 0 Å². The number of hydrogen-bond acceptors (Lipinski definition) is 4. The standard InChI is InChI=1S/C23H28N2O4S/c26-23(27)20-11-12-21(24-15-13-18-7-3-1-4-8-18)22(17-20)30(28,29)25-16-14-19-9-5-2-6-10-19/h1,3-4,7-9,11-12,17,24-25H,2,5-6,10,13-16H2,(H,26,27). The highest BCUT2D eigenvalue weighted by atomic mass is 32.2. The number of benzene rings is 2. The molecule has 3 rings (SSSR count). The summed E-state index contributed by atoms with van der Waals surface area (Å²) >= 11 is 0. The van der Waals surface area contributed by atoms with Crippen LogP contribution < -0.4 is 10.0 Å². The lowest BCUT2D eigenvalue weighted by atomic mass is 9.97. The third-order valence-corrected chi connectivity index (χ3v) is 6.71. The molecule has 0 fully saturated rings. The minimum absolute atomic E-state index is 0.0342. The molecule has 2 aromatic rings. The van der Waals surface area contributed by atoms with Crippen LogP contribution in [-0.4, -0.2) is 32.6 Å². The van der Waals surface area contributed by atoms with Gasteiger partial charge in [0.05, 0.1) is 11.3 Å². The van der Waals surface area contributed by atoms with Crippen LogP contribution in [0.3, 0.4) is 0 Å². The molecule has 0 saturated heterocycles. The molecule has 0 unspecified atom stereocenters. The van der Waals surface area contributed by atoms with Gasteiger partial charge in [-0.3, -0.25) is 0 Å². The Morgan fingerprint density at radius 3 is 2.50 bits per heavy atom. The van der Waals surface area contributed by atoms with Crippen LogP contribution in [0, 0.1) is 0 Å². The van der Waals surface area contributed by atoms with Gasteiger partial charge >= 0.3 is 5.97 Å². The van der Waals surface area contributed by atoms with E-state index in [0.29, 0.717) is 25.2 Å². The van der Waals surface area contributed by atoms with E-state index in [1.807, 2.05) is 30.3 Å². The van der Waals surface area contributed by atoms with Crippen molar-refractivity contribution in [2.45, 2.75) is 43.4 Å². The monoisotopic (exact) mass is 428 g/mol. The van der Waals surface area contributed by atoms with E-state index in [1.165, 1.54) is 30.2 Å². The average Bonchev–Trinajstić information content (AvgIpc) is 2.75. The van der Waals surface area contributed by atoms with E-state index in [-0.39, 0.29) is 10.5 Å². The van der Waals surface area contributed by atoms with Gasteiger partial charge in [-0.05, 0) is 62.3 Å². The van der Waals surface area contributed by atoms with Gasteiger partial charge in [0, 0.05) is 13.1 Å². The minimum Gasteiger partial charge on any atom is -0.478 e. The van der Waals surface area contributed by atoms with Crippen molar-refractivity contribution in [1.82, 2.24) is 4.72 Å². The fraction of sp³-hybridized carbons (Fsp3) is 0.348. The Hall–Kier alpha value is -2.64. The number of aromatic carboxylic acids is 1. The molecular weight excluding hydrogens is 400 g/mol. The SMILES string of the molecule is O=C(O)c1ccc(NCCc2ccccc2)c(S(=O)(=O)NCCC2=CCCCC2)c1. The fourth-order valence-electron chi connectivity index (χ4n) is 3.57. The Bertz CT molecular complexity index is 1000. The number of nitrogens with one attached hydrogen (secondary N) is 2. The van der Waals surface area contributed by atoms with E-state index in [2.05, 4.69) is 16.1 Å². The molecule has 3 N–H and O–H groups in total. The molecule has 6 nitrogen and oxygen atoms in total. The van der Waals surface area contributed by atoms with E-state index in [9.17, 15) is 18.3 Å². The molecular formula is C23H28N2O4S. The fourth-order valence-corrected chi connectivity index (χ4v) is 4.80. The highest BCUT2D eigenvalue weighted by molar-refractivity contribution is 7.89. The average molecular weight is 429 g/mol. The minimum atomic E-state index is -3.85. The van der Waals surface area contributed by atoms with Gasteiger partial charge < -0.3 is 10.4 Å². The first-order chi connectivity index (χ1) is 14.5. The molecule has 0 saturated carbocycles. The third-order valence-electron chi connectivity index (χ3n) is 5.21. The van der Waals surface area contributed by atoms with E-state index >= 15 is 0 Å². The number of allylic oxidation sites excluding steroid dienone is 1. The maximum atomic E-state index is 12.9. The van der Waals surface area contributed by atoms with Crippen molar-refractivity contribution in [1.29, 1.82) is 0 Å². The second-order valence-electron chi connectivity index (χ2n) is 7.43. The maximum Gasteiger partial charge on any atom is 0.335 e. The summed E-state index contributed by atoms with van der Waals surface area (Å²) in [6.07, 6.45) is 8.00. The zero-order chi connectivity index (χ0) is 21.4. The van der Waals surface area contributed by atoms with Crippen molar-refractivity contribution in [2.24, 2.45) is 0 Å². The summed E-state index contributed by atoms with van der Waals surface area (Å²) in [5.74, 6) is -1.16. The predicted octanol–water partition coefficient (Wildman–Crippen LogP) is 4.21. The quantitative estimate of drug-likeness (QED) is 0.493. The van der Waals surface area contributed by atoms with Crippen molar-refractivity contribution in [3.05, 3.63) is 71.3 Å². The first kappa shape index (κ1) is 22.1. The molecule has 1 aliphatic rings.